The Kier molecular flexibility index (Phi) is 8.50. The molecule has 2 rings (SSSR count). The standard InChI is InChI=1S/C20H26FN5O3/c1-15-5-7-17(12-22-15)23-20(28)24-19-11-16(6-8-18(19)21)13-25(2)9-4-10-29-26(3)14-27/h5-8,11-12,14H,4,9-10,13H2,1-3H3,(H2,23,24,28). The molecule has 156 valence electrons. The maximum absolute atomic E-state index is 14.1. The number of urea groups is 1. The summed E-state index contributed by atoms with van der Waals surface area (Å²) >= 11 is 0. The summed E-state index contributed by atoms with van der Waals surface area (Å²) in [5.74, 6) is -0.515. The van der Waals surface area contributed by atoms with Crippen LogP contribution in [-0.4, -0.2) is 54.6 Å². The van der Waals surface area contributed by atoms with E-state index in [0.717, 1.165) is 29.3 Å². The summed E-state index contributed by atoms with van der Waals surface area (Å²) < 4.78 is 14.1. The molecular formula is C20H26FN5O3. The van der Waals surface area contributed by atoms with Crippen molar-refractivity contribution in [2.75, 3.05) is 37.9 Å². The molecule has 1 aromatic carbocycles. The van der Waals surface area contributed by atoms with Gasteiger partial charge in [-0.1, -0.05) is 6.07 Å². The van der Waals surface area contributed by atoms with Gasteiger partial charge >= 0.3 is 6.03 Å². The average Bonchev–Trinajstić information content (AvgIpc) is 2.69. The topological polar surface area (TPSA) is 86.8 Å². The Morgan fingerprint density at radius 1 is 1.24 bits per heavy atom. The lowest BCUT2D eigenvalue weighted by molar-refractivity contribution is -0.163. The Balaban J connectivity index is 1.87. The molecule has 0 radical (unpaired) electrons. The zero-order chi connectivity index (χ0) is 21.2. The van der Waals surface area contributed by atoms with Crippen molar-refractivity contribution < 1.29 is 18.8 Å². The Hall–Kier alpha value is -3.04. The normalized spacial score (nSPS) is 10.7. The van der Waals surface area contributed by atoms with E-state index >= 15 is 0 Å². The van der Waals surface area contributed by atoms with Gasteiger partial charge in [0.05, 0.1) is 24.2 Å². The summed E-state index contributed by atoms with van der Waals surface area (Å²) in [6.45, 7) is 3.57. The summed E-state index contributed by atoms with van der Waals surface area (Å²) in [6.07, 6.45) is 2.86. The minimum atomic E-state index is -0.545. The second kappa shape index (κ2) is 11.1. The monoisotopic (exact) mass is 403 g/mol. The third kappa shape index (κ3) is 7.84. The van der Waals surface area contributed by atoms with E-state index in [9.17, 15) is 14.0 Å². The molecule has 29 heavy (non-hydrogen) atoms. The molecule has 0 saturated heterocycles. The Morgan fingerprint density at radius 2 is 2.03 bits per heavy atom. The molecule has 1 aromatic heterocycles. The molecule has 0 bridgehead atoms. The predicted molar refractivity (Wildman–Crippen MR) is 109 cm³/mol. The van der Waals surface area contributed by atoms with E-state index in [1.165, 1.54) is 19.3 Å². The maximum atomic E-state index is 14.1. The number of pyridine rings is 1. The number of halogens is 1. The van der Waals surface area contributed by atoms with Crippen LogP contribution in [0.5, 0.6) is 0 Å². The first-order valence-electron chi connectivity index (χ1n) is 9.16. The molecule has 3 amide bonds. The quantitative estimate of drug-likeness (QED) is 0.362. The molecular weight excluding hydrogens is 377 g/mol. The van der Waals surface area contributed by atoms with E-state index in [1.54, 1.807) is 24.3 Å². The van der Waals surface area contributed by atoms with Crippen molar-refractivity contribution >= 4 is 23.8 Å². The minimum Gasteiger partial charge on any atom is -0.306 e. The van der Waals surface area contributed by atoms with Crippen molar-refractivity contribution in [3.63, 3.8) is 0 Å². The van der Waals surface area contributed by atoms with Gasteiger partial charge in [-0.2, -0.15) is 0 Å². The van der Waals surface area contributed by atoms with E-state index in [1.807, 2.05) is 18.9 Å². The SMILES string of the molecule is Cc1ccc(NC(=O)Nc2cc(CN(C)CCCON(C)C=O)ccc2F)cn1. The Morgan fingerprint density at radius 3 is 2.72 bits per heavy atom. The van der Waals surface area contributed by atoms with Crippen molar-refractivity contribution in [2.24, 2.45) is 0 Å². The minimum absolute atomic E-state index is 0.101. The van der Waals surface area contributed by atoms with Crippen molar-refractivity contribution in [3.8, 4) is 0 Å². The highest BCUT2D eigenvalue weighted by molar-refractivity contribution is 5.99. The van der Waals surface area contributed by atoms with Gasteiger partial charge in [0.15, 0.2) is 0 Å². The van der Waals surface area contributed by atoms with Crippen molar-refractivity contribution in [1.29, 1.82) is 0 Å². The van der Waals surface area contributed by atoms with Crippen LogP contribution < -0.4 is 10.6 Å². The molecule has 0 aliphatic carbocycles. The fraction of sp³-hybridized carbons (Fsp3) is 0.350. The number of amides is 3. The van der Waals surface area contributed by atoms with Gasteiger partial charge in [-0.05, 0) is 50.2 Å². The third-order valence-corrected chi connectivity index (χ3v) is 4.03. The maximum Gasteiger partial charge on any atom is 0.323 e. The van der Waals surface area contributed by atoms with Gasteiger partial charge < -0.3 is 15.5 Å². The number of hydrogen-bond acceptors (Lipinski definition) is 5. The van der Waals surface area contributed by atoms with Crippen LogP contribution in [0, 0.1) is 12.7 Å². The first-order valence-corrected chi connectivity index (χ1v) is 9.16. The van der Waals surface area contributed by atoms with Gasteiger partial charge in [-0.25, -0.2) is 14.2 Å². The van der Waals surface area contributed by atoms with Crippen LogP contribution in [0.4, 0.5) is 20.6 Å². The zero-order valence-electron chi connectivity index (χ0n) is 16.8. The predicted octanol–water partition coefficient (Wildman–Crippen LogP) is 3.01. The van der Waals surface area contributed by atoms with E-state index < -0.39 is 11.8 Å². The summed E-state index contributed by atoms with van der Waals surface area (Å²) in [4.78, 5) is 33.9. The Labute approximate surface area is 169 Å². The summed E-state index contributed by atoms with van der Waals surface area (Å²) in [5.41, 5.74) is 2.31. The molecule has 0 atom stereocenters. The number of hydrogen-bond donors (Lipinski definition) is 2. The van der Waals surface area contributed by atoms with E-state index in [-0.39, 0.29) is 5.69 Å². The van der Waals surface area contributed by atoms with Gasteiger partial charge in [-0.15, -0.1) is 0 Å². The number of aryl methyl sites for hydroxylation is 1. The summed E-state index contributed by atoms with van der Waals surface area (Å²) in [5, 5.41) is 6.27. The van der Waals surface area contributed by atoms with Crippen molar-refractivity contribution in [3.05, 3.63) is 53.6 Å². The van der Waals surface area contributed by atoms with Gasteiger partial charge in [0.1, 0.15) is 5.82 Å². The lowest BCUT2D eigenvalue weighted by atomic mass is 10.1. The molecule has 8 nitrogen and oxygen atoms in total. The number of hydroxylamine groups is 2. The number of benzene rings is 1. The highest BCUT2D eigenvalue weighted by Crippen LogP contribution is 2.18. The van der Waals surface area contributed by atoms with Crippen LogP contribution in [0.25, 0.3) is 0 Å². The number of nitrogens with one attached hydrogen (secondary N) is 2. The Bertz CT molecular complexity index is 816. The summed E-state index contributed by atoms with van der Waals surface area (Å²) in [7, 11) is 3.46. The fourth-order valence-electron chi connectivity index (χ4n) is 2.56. The number of aromatic nitrogens is 1. The van der Waals surface area contributed by atoms with Gasteiger partial charge in [0.25, 0.3) is 0 Å². The number of carbonyl (C=O) groups excluding carboxylic acids is 2. The third-order valence-electron chi connectivity index (χ3n) is 4.03. The molecule has 0 aliphatic heterocycles. The van der Waals surface area contributed by atoms with Crippen LogP contribution in [0.3, 0.4) is 0 Å². The number of rotatable bonds is 10. The zero-order valence-corrected chi connectivity index (χ0v) is 16.8. The van der Waals surface area contributed by atoms with Crippen LogP contribution in [0.2, 0.25) is 0 Å². The van der Waals surface area contributed by atoms with Gasteiger partial charge in [0.2, 0.25) is 6.41 Å². The van der Waals surface area contributed by atoms with Crippen molar-refractivity contribution in [2.45, 2.75) is 19.9 Å². The van der Waals surface area contributed by atoms with E-state index in [2.05, 4.69) is 15.6 Å². The smallest absolute Gasteiger partial charge is 0.306 e. The number of anilines is 2. The second-order valence-electron chi connectivity index (χ2n) is 6.66. The van der Waals surface area contributed by atoms with Crippen LogP contribution in [0.1, 0.15) is 17.7 Å². The first-order chi connectivity index (χ1) is 13.9. The highest BCUT2D eigenvalue weighted by atomic mass is 19.1. The fourth-order valence-corrected chi connectivity index (χ4v) is 2.56. The first kappa shape index (κ1) is 22.3. The molecule has 0 saturated carbocycles. The van der Waals surface area contributed by atoms with Gasteiger partial charge in [-0.3, -0.25) is 14.6 Å². The summed E-state index contributed by atoms with van der Waals surface area (Å²) in [6, 6.07) is 7.56. The van der Waals surface area contributed by atoms with Crippen molar-refractivity contribution in [1.82, 2.24) is 14.9 Å². The molecule has 0 spiro atoms. The van der Waals surface area contributed by atoms with Crippen LogP contribution in [0.15, 0.2) is 36.5 Å². The highest BCUT2D eigenvalue weighted by Gasteiger charge is 2.10. The molecule has 2 aromatic rings. The molecule has 0 aliphatic rings. The second-order valence-corrected chi connectivity index (χ2v) is 6.66. The average molecular weight is 403 g/mol. The lowest BCUT2D eigenvalue weighted by Crippen LogP contribution is -2.23. The molecule has 1 heterocycles. The number of nitrogens with zero attached hydrogens (tertiary/aromatic N) is 3. The molecule has 2 N–H and O–H groups in total. The molecule has 9 heteroatoms. The van der Waals surface area contributed by atoms with Crippen LogP contribution >= 0.6 is 0 Å². The molecule has 0 unspecified atom stereocenters. The molecule has 0 fully saturated rings. The lowest BCUT2D eigenvalue weighted by Gasteiger charge is -2.18. The number of carbonyl (C=O) groups is 2. The van der Waals surface area contributed by atoms with Gasteiger partial charge in [0, 0.05) is 25.8 Å². The van der Waals surface area contributed by atoms with E-state index in [4.69, 9.17) is 4.84 Å². The largest absolute Gasteiger partial charge is 0.323 e. The van der Waals surface area contributed by atoms with Crippen LogP contribution in [-0.2, 0) is 16.2 Å². The van der Waals surface area contributed by atoms with E-state index in [0.29, 0.717) is 25.2 Å².